The number of benzene rings is 1. The van der Waals surface area contributed by atoms with Gasteiger partial charge in [-0.05, 0) is 44.4 Å². The Bertz CT molecular complexity index is 854. The zero-order chi connectivity index (χ0) is 21.2. The molecule has 0 bridgehead atoms. The quantitative estimate of drug-likeness (QED) is 0.751. The van der Waals surface area contributed by atoms with E-state index >= 15 is 0 Å². The molecule has 1 N–H and O–H groups in total. The van der Waals surface area contributed by atoms with Crippen molar-refractivity contribution in [3.63, 3.8) is 0 Å². The van der Waals surface area contributed by atoms with Crippen LogP contribution in [0, 0.1) is 5.82 Å². The third kappa shape index (κ3) is 4.44. The van der Waals surface area contributed by atoms with E-state index in [0.717, 1.165) is 16.4 Å². The molecule has 1 amide bonds. The molecule has 3 rings (SSSR count). The van der Waals surface area contributed by atoms with Gasteiger partial charge in [0.1, 0.15) is 5.82 Å². The largest absolute Gasteiger partial charge is 0.433 e. The van der Waals surface area contributed by atoms with Crippen LogP contribution >= 0.6 is 0 Å². The molecule has 0 atom stereocenters. The molecular weight excluding hydrogens is 390 g/mol. The van der Waals surface area contributed by atoms with Crippen molar-refractivity contribution in [2.75, 3.05) is 19.8 Å². The molecule has 1 saturated heterocycles. The van der Waals surface area contributed by atoms with Crippen LogP contribution in [0.5, 0.6) is 0 Å². The minimum Gasteiger partial charge on any atom is -0.381 e. The van der Waals surface area contributed by atoms with E-state index in [9.17, 15) is 22.4 Å². The second-order valence-electron chi connectivity index (χ2n) is 7.53. The van der Waals surface area contributed by atoms with Crippen molar-refractivity contribution >= 4 is 5.91 Å². The molecule has 0 spiro atoms. The van der Waals surface area contributed by atoms with Gasteiger partial charge >= 0.3 is 6.18 Å². The first-order chi connectivity index (χ1) is 13.6. The third-order valence-corrected chi connectivity index (χ3v) is 5.29. The second-order valence-corrected chi connectivity index (χ2v) is 7.53. The highest BCUT2D eigenvalue weighted by molar-refractivity contribution is 5.95. The molecule has 0 radical (unpaired) electrons. The monoisotopic (exact) mass is 413 g/mol. The van der Waals surface area contributed by atoms with E-state index in [-0.39, 0.29) is 12.4 Å². The third-order valence-electron chi connectivity index (χ3n) is 5.29. The minimum absolute atomic E-state index is 0.116. The summed E-state index contributed by atoms with van der Waals surface area (Å²) in [4.78, 5) is 12.7. The Morgan fingerprint density at radius 2 is 1.86 bits per heavy atom. The zero-order valence-electron chi connectivity index (χ0n) is 16.2. The first-order valence-electron chi connectivity index (χ1n) is 9.41. The number of nitrogens with zero attached hydrogens (tertiary/aromatic N) is 2. The number of carbonyl (C=O) groups is 1. The standard InChI is InChI=1S/C20H23F4N3O2/c1-13(2)27-17(20(22,23)24)16(11-26-27)18(28)25-12-19(7-9-29-10-8-19)14-3-5-15(21)6-4-14/h3-6,11,13H,7-10,12H2,1-2H3,(H,25,28). The number of hydrogen-bond acceptors (Lipinski definition) is 3. The number of rotatable bonds is 5. The van der Waals surface area contributed by atoms with E-state index in [4.69, 9.17) is 4.74 Å². The number of amides is 1. The number of hydrogen-bond donors (Lipinski definition) is 1. The molecule has 1 aromatic carbocycles. The SMILES string of the molecule is CC(C)n1ncc(C(=O)NCC2(c3ccc(F)cc3)CCOCC2)c1C(F)(F)F. The molecule has 29 heavy (non-hydrogen) atoms. The molecule has 158 valence electrons. The van der Waals surface area contributed by atoms with Gasteiger partial charge in [-0.25, -0.2) is 4.39 Å². The fourth-order valence-corrected chi connectivity index (χ4v) is 3.68. The highest BCUT2D eigenvalue weighted by atomic mass is 19.4. The van der Waals surface area contributed by atoms with Gasteiger partial charge in [-0.3, -0.25) is 9.48 Å². The fraction of sp³-hybridized carbons (Fsp3) is 0.500. The first-order valence-corrected chi connectivity index (χ1v) is 9.41. The van der Waals surface area contributed by atoms with Gasteiger partial charge in [0.15, 0.2) is 5.69 Å². The Morgan fingerprint density at radius 1 is 1.24 bits per heavy atom. The van der Waals surface area contributed by atoms with Crippen LogP contribution in [-0.2, 0) is 16.3 Å². The van der Waals surface area contributed by atoms with Crippen LogP contribution in [0.15, 0.2) is 30.5 Å². The topological polar surface area (TPSA) is 56.2 Å². The van der Waals surface area contributed by atoms with E-state index in [2.05, 4.69) is 10.4 Å². The van der Waals surface area contributed by atoms with Gasteiger partial charge in [0.2, 0.25) is 0 Å². The van der Waals surface area contributed by atoms with Crippen LogP contribution in [-0.4, -0.2) is 35.4 Å². The summed E-state index contributed by atoms with van der Waals surface area (Å²) >= 11 is 0. The maximum Gasteiger partial charge on any atom is 0.433 e. The summed E-state index contributed by atoms with van der Waals surface area (Å²) in [6.45, 7) is 4.15. The smallest absolute Gasteiger partial charge is 0.381 e. The first kappa shape index (κ1) is 21.3. The Balaban J connectivity index is 1.86. The summed E-state index contributed by atoms with van der Waals surface area (Å²) in [6, 6.07) is 5.41. The van der Waals surface area contributed by atoms with Gasteiger partial charge < -0.3 is 10.1 Å². The number of carbonyl (C=O) groups excluding carboxylic acids is 1. The van der Waals surface area contributed by atoms with E-state index in [1.165, 1.54) is 12.1 Å². The summed E-state index contributed by atoms with van der Waals surface area (Å²) < 4.78 is 60.2. The van der Waals surface area contributed by atoms with Crippen molar-refractivity contribution in [2.45, 2.75) is 44.3 Å². The molecule has 0 aliphatic carbocycles. The van der Waals surface area contributed by atoms with Crippen LogP contribution in [0.1, 0.15) is 54.3 Å². The predicted octanol–water partition coefficient (Wildman–Crippen LogP) is 4.10. The van der Waals surface area contributed by atoms with E-state index in [1.54, 1.807) is 26.0 Å². The molecule has 1 aliphatic rings. The number of ether oxygens (including phenoxy) is 1. The van der Waals surface area contributed by atoms with Gasteiger partial charge in [-0.15, -0.1) is 0 Å². The molecule has 9 heteroatoms. The highest BCUT2D eigenvalue weighted by Gasteiger charge is 2.41. The molecular formula is C20H23F4N3O2. The van der Waals surface area contributed by atoms with Gasteiger partial charge in [0, 0.05) is 31.2 Å². The molecule has 1 aliphatic heterocycles. The van der Waals surface area contributed by atoms with Crippen molar-refractivity contribution in [3.8, 4) is 0 Å². The Hall–Kier alpha value is -2.42. The van der Waals surface area contributed by atoms with Crippen molar-refractivity contribution in [1.29, 1.82) is 0 Å². The van der Waals surface area contributed by atoms with Crippen LogP contribution in [0.3, 0.4) is 0 Å². The van der Waals surface area contributed by atoms with Gasteiger partial charge in [-0.2, -0.15) is 18.3 Å². The lowest BCUT2D eigenvalue weighted by atomic mass is 9.74. The Kier molecular flexibility index (Phi) is 5.97. The maximum absolute atomic E-state index is 13.5. The van der Waals surface area contributed by atoms with Gasteiger partial charge in [0.05, 0.1) is 11.8 Å². The lowest BCUT2D eigenvalue weighted by Gasteiger charge is -2.38. The molecule has 0 unspecified atom stereocenters. The summed E-state index contributed by atoms with van der Waals surface area (Å²) in [7, 11) is 0. The second kappa shape index (κ2) is 8.14. The molecule has 2 aromatic rings. The lowest BCUT2D eigenvalue weighted by Crippen LogP contribution is -2.44. The number of alkyl halides is 3. The van der Waals surface area contributed by atoms with Crippen molar-refractivity contribution < 1.29 is 27.1 Å². The summed E-state index contributed by atoms with van der Waals surface area (Å²) in [5, 5.41) is 6.40. The van der Waals surface area contributed by atoms with Crippen LogP contribution in [0.25, 0.3) is 0 Å². The van der Waals surface area contributed by atoms with Crippen LogP contribution in [0.2, 0.25) is 0 Å². The molecule has 1 fully saturated rings. The summed E-state index contributed by atoms with van der Waals surface area (Å²) in [5.74, 6) is -1.21. The van der Waals surface area contributed by atoms with Crippen LogP contribution < -0.4 is 5.32 Å². The highest BCUT2D eigenvalue weighted by Crippen LogP contribution is 2.36. The number of nitrogens with one attached hydrogen (secondary N) is 1. The lowest BCUT2D eigenvalue weighted by molar-refractivity contribution is -0.145. The molecule has 5 nitrogen and oxygen atoms in total. The summed E-state index contributed by atoms with van der Waals surface area (Å²) in [5.41, 5.74) is -1.29. The van der Waals surface area contributed by atoms with E-state index in [1.807, 2.05) is 0 Å². The average molecular weight is 413 g/mol. The van der Waals surface area contributed by atoms with Crippen molar-refractivity contribution in [3.05, 3.63) is 53.1 Å². The zero-order valence-corrected chi connectivity index (χ0v) is 16.2. The molecule has 1 aromatic heterocycles. The van der Waals surface area contributed by atoms with E-state index < -0.39 is 34.8 Å². The number of halogens is 4. The van der Waals surface area contributed by atoms with Crippen molar-refractivity contribution in [2.24, 2.45) is 0 Å². The predicted molar refractivity (Wildman–Crippen MR) is 98.1 cm³/mol. The molecule has 2 heterocycles. The van der Waals surface area contributed by atoms with Gasteiger partial charge in [-0.1, -0.05) is 12.1 Å². The van der Waals surface area contributed by atoms with Crippen molar-refractivity contribution in [1.82, 2.24) is 15.1 Å². The maximum atomic E-state index is 13.5. The summed E-state index contributed by atoms with van der Waals surface area (Å²) in [6.07, 6.45) is -2.62. The normalized spacial score (nSPS) is 16.8. The minimum atomic E-state index is -4.71. The molecule has 0 saturated carbocycles. The fourth-order valence-electron chi connectivity index (χ4n) is 3.68. The van der Waals surface area contributed by atoms with Crippen LogP contribution in [0.4, 0.5) is 17.6 Å². The Morgan fingerprint density at radius 3 is 2.41 bits per heavy atom. The van der Waals surface area contributed by atoms with Gasteiger partial charge in [0.25, 0.3) is 5.91 Å². The Labute approximate surface area is 166 Å². The number of aromatic nitrogens is 2. The average Bonchev–Trinajstić information content (AvgIpc) is 3.13. The van der Waals surface area contributed by atoms with E-state index in [0.29, 0.717) is 26.1 Å².